The van der Waals surface area contributed by atoms with Crippen LogP contribution in [0.15, 0.2) is 18.2 Å². The first-order chi connectivity index (χ1) is 7.35. The van der Waals surface area contributed by atoms with Crippen LogP contribution in [-0.4, -0.2) is 11.4 Å². The minimum Gasteiger partial charge on any atom is -0.334 e. The minimum atomic E-state index is -0.931. The van der Waals surface area contributed by atoms with Crippen LogP contribution in [0.2, 0.25) is 0 Å². The largest absolute Gasteiger partial charge is 0.334 e. The van der Waals surface area contributed by atoms with Crippen molar-refractivity contribution in [3.63, 3.8) is 0 Å². The minimum absolute atomic E-state index is 0.349. The van der Waals surface area contributed by atoms with Crippen molar-refractivity contribution >= 4 is 5.91 Å². The van der Waals surface area contributed by atoms with Crippen molar-refractivity contribution in [2.75, 3.05) is 0 Å². The van der Waals surface area contributed by atoms with Crippen LogP contribution in [-0.2, 0) is 0 Å². The van der Waals surface area contributed by atoms with Crippen LogP contribution in [0.25, 0.3) is 0 Å². The van der Waals surface area contributed by atoms with Crippen molar-refractivity contribution in [2.45, 2.75) is 26.3 Å². The van der Waals surface area contributed by atoms with Crippen LogP contribution in [0.3, 0.4) is 0 Å². The quantitative estimate of drug-likeness (QED) is 0.830. The molecule has 84 valence electrons. The molecule has 1 rings (SSSR count). The molecule has 0 aromatic heterocycles. The van der Waals surface area contributed by atoms with Crippen molar-refractivity contribution in [3.8, 4) is 6.07 Å². The number of hydrogen-bond acceptors (Lipinski definition) is 2. The Morgan fingerprint density at radius 2 is 2.12 bits per heavy atom. The highest BCUT2D eigenvalue weighted by atomic mass is 19.1. The van der Waals surface area contributed by atoms with Crippen molar-refractivity contribution in [2.24, 2.45) is 0 Å². The van der Waals surface area contributed by atoms with Crippen molar-refractivity contribution < 1.29 is 9.18 Å². The first kappa shape index (κ1) is 12.2. The SMILES string of the molecule is Cc1cc(C(=O)NC(C)(C)C#N)ccc1F. The van der Waals surface area contributed by atoms with Gasteiger partial charge in [0.15, 0.2) is 0 Å². The maximum Gasteiger partial charge on any atom is 0.252 e. The van der Waals surface area contributed by atoms with Gasteiger partial charge in [0, 0.05) is 5.56 Å². The molecule has 0 aliphatic heterocycles. The zero-order chi connectivity index (χ0) is 12.3. The molecule has 1 N–H and O–H groups in total. The highest BCUT2D eigenvalue weighted by Gasteiger charge is 2.20. The summed E-state index contributed by atoms with van der Waals surface area (Å²) >= 11 is 0. The molecule has 1 amide bonds. The number of amides is 1. The Kier molecular flexibility index (Phi) is 3.28. The molecule has 1 aromatic rings. The van der Waals surface area contributed by atoms with Crippen LogP contribution < -0.4 is 5.32 Å². The lowest BCUT2D eigenvalue weighted by atomic mass is 10.1. The van der Waals surface area contributed by atoms with E-state index in [0.717, 1.165) is 0 Å². The molecular formula is C12H13FN2O. The summed E-state index contributed by atoms with van der Waals surface area (Å²) in [5.41, 5.74) is -0.177. The Bertz CT molecular complexity index is 461. The number of benzene rings is 1. The predicted molar refractivity (Wildman–Crippen MR) is 58.3 cm³/mol. The predicted octanol–water partition coefficient (Wildman–Crippen LogP) is 2.17. The van der Waals surface area contributed by atoms with Crippen molar-refractivity contribution in [1.29, 1.82) is 5.26 Å². The third-order valence-corrected chi connectivity index (χ3v) is 2.13. The molecule has 0 radical (unpaired) electrons. The number of hydrogen-bond donors (Lipinski definition) is 1. The van der Waals surface area contributed by atoms with Crippen LogP contribution in [0.5, 0.6) is 0 Å². The first-order valence-corrected chi connectivity index (χ1v) is 4.85. The van der Waals surface area contributed by atoms with E-state index in [0.29, 0.717) is 11.1 Å². The molecule has 3 nitrogen and oxygen atoms in total. The second-order valence-corrected chi connectivity index (χ2v) is 4.15. The van der Waals surface area contributed by atoms with Crippen molar-refractivity contribution in [1.82, 2.24) is 5.32 Å². The molecule has 0 fully saturated rings. The van der Waals surface area contributed by atoms with E-state index in [1.165, 1.54) is 18.2 Å². The topological polar surface area (TPSA) is 52.9 Å². The second kappa shape index (κ2) is 4.31. The molecular weight excluding hydrogens is 207 g/mol. The van der Waals surface area contributed by atoms with E-state index in [9.17, 15) is 9.18 Å². The molecule has 16 heavy (non-hydrogen) atoms. The molecule has 0 atom stereocenters. The Morgan fingerprint density at radius 1 is 1.50 bits per heavy atom. The van der Waals surface area contributed by atoms with E-state index in [2.05, 4.69) is 5.32 Å². The number of carbonyl (C=O) groups excluding carboxylic acids is 1. The fraction of sp³-hybridized carbons (Fsp3) is 0.333. The number of carbonyl (C=O) groups is 1. The molecule has 0 heterocycles. The van der Waals surface area contributed by atoms with E-state index < -0.39 is 5.54 Å². The van der Waals surface area contributed by atoms with Crippen LogP contribution in [0.4, 0.5) is 4.39 Å². The number of aryl methyl sites for hydroxylation is 1. The van der Waals surface area contributed by atoms with Crippen molar-refractivity contribution in [3.05, 3.63) is 35.1 Å². The van der Waals surface area contributed by atoms with Crippen LogP contribution in [0, 0.1) is 24.1 Å². The first-order valence-electron chi connectivity index (χ1n) is 4.85. The molecule has 0 saturated heterocycles. The molecule has 0 bridgehead atoms. The van der Waals surface area contributed by atoms with E-state index >= 15 is 0 Å². The zero-order valence-electron chi connectivity index (χ0n) is 9.47. The third-order valence-electron chi connectivity index (χ3n) is 2.13. The lowest BCUT2D eigenvalue weighted by molar-refractivity contribution is 0.0929. The maximum atomic E-state index is 13.0. The van der Waals surface area contributed by atoms with Crippen LogP contribution in [0.1, 0.15) is 29.8 Å². The summed E-state index contributed by atoms with van der Waals surface area (Å²) in [6, 6.07) is 6.05. The number of rotatable bonds is 2. The molecule has 0 unspecified atom stereocenters. The Balaban J connectivity index is 2.91. The highest BCUT2D eigenvalue weighted by molar-refractivity contribution is 5.95. The lowest BCUT2D eigenvalue weighted by Gasteiger charge is -2.17. The van der Waals surface area contributed by atoms with E-state index in [4.69, 9.17) is 5.26 Å². The molecule has 0 aliphatic carbocycles. The monoisotopic (exact) mass is 220 g/mol. The second-order valence-electron chi connectivity index (χ2n) is 4.15. The van der Waals surface area contributed by atoms with Gasteiger partial charge in [-0.2, -0.15) is 5.26 Å². The smallest absolute Gasteiger partial charge is 0.252 e. The molecule has 0 spiro atoms. The summed E-state index contributed by atoms with van der Waals surface area (Å²) < 4.78 is 13.0. The Morgan fingerprint density at radius 3 is 2.62 bits per heavy atom. The highest BCUT2D eigenvalue weighted by Crippen LogP contribution is 2.10. The maximum absolute atomic E-state index is 13.0. The molecule has 1 aromatic carbocycles. The number of nitriles is 1. The summed E-state index contributed by atoms with van der Waals surface area (Å²) in [5, 5.41) is 11.3. The van der Waals surface area contributed by atoms with Gasteiger partial charge in [-0.15, -0.1) is 0 Å². The lowest BCUT2D eigenvalue weighted by Crippen LogP contribution is -2.42. The van der Waals surface area contributed by atoms with Gasteiger partial charge in [0.05, 0.1) is 6.07 Å². The van der Waals surface area contributed by atoms with Crippen LogP contribution >= 0.6 is 0 Å². The molecule has 4 heteroatoms. The standard InChI is InChI=1S/C12H13FN2O/c1-8-6-9(4-5-10(8)13)11(16)15-12(2,3)7-14/h4-6H,1-3H3,(H,15,16). The number of nitrogens with zero attached hydrogens (tertiary/aromatic N) is 1. The van der Waals surface area contributed by atoms with Gasteiger partial charge < -0.3 is 5.32 Å². The number of nitrogens with one attached hydrogen (secondary N) is 1. The average molecular weight is 220 g/mol. The molecule has 0 saturated carbocycles. The van der Waals surface area contributed by atoms with E-state index in [1.54, 1.807) is 20.8 Å². The van der Waals surface area contributed by atoms with E-state index in [-0.39, 0.29) is 11.7 Å². The normalized spacial score (nSPS) is 10.7. The fourth-order valence-electron chi connectivity index (χ4n) is 1.17. The summed E-state index contributed by atoms with van der Waals surface area (Å²) in [6.07, 6.45) is 0. The van der Waals surface area contributed by atoms with Gasteiger partial charge in [-0.05, 0) is 44.5 Å². The van der Waals surface area contributed by atoms with Gasteiger partial charge in [-0.1, -0.05) is 0 Å². The molecule has 0 aliphatic rings. The Hall–Kier alpha value is -1.89. The van der Waals surface area contributed by atoms with Gasteiger partial charge in [-0.25, -0.2) is 4.39 Å². The summed E-state index contributed by atoms with van der Waals surface area (Å²) in [5.74, 6) is -0.731. The zero-order valence-corrected chi connectivity index (χ0v) is 9.47. The van der Waals surface area contributed by atoms with Gasteiger partial charge >= 0.3 is 0 Å². The summed E-state index contributed by atoms with van der Waals surface area (Å²) in [4.78, 5) is 11.7. The summed E-state index contributed by atoms with van der Waals surface area (Å²) in [6.45, 7) is 4.78. The third kappa shape index (κ3) is 2.80. The fourth-order valence-corrected chi connectivity index (χ4v) is 1.17. The van der Waals surface area contributed by atoms with Gasteiger partial charge in [-0.3, -0.25) is 4.79 Å². The Labute approximate surface area is 93.9 Å². The van der Waals surface area contributed by atoms with Gasteiger partial charge in [0.25, 0.3) is 5.91 Å². The number of halogens is 1. The average Bonchev–Trinajstić information content (AvgIpc) is 2.21. The van der Waals surface area contributed by atoms with Gasteiger partial charge in [0.1, 0.15) is 11.4 Å². The van der Waals surface area contributed by atoms with E-state index in [1.807, 2.05) is 6.07 Å². The van der Waals surface area contributed by atoms with Gasteiger partial charge in [0.2, 0.25) is 0 Å². The summed E-state index contributed by atoms with van der Waals surface area (Å²) in [7, 11) is 0.